The maximum atomic E-state index is 15.3. The van der Waals surface area contributed by atoms with E-state index in [0.29, 0.717) is 157 Å². The van der Waals surface area contributed by atoms with Crippen molar-refractivity contribution in [2.24, 2.45) is 0 Å². The zero-order valence-corrected chi connectivity index (χ0v) is 69.5. The van der Waals surface area contributed by atoms with Gasteiger partial charge >= 0.3 is 0 Å². The molecule has 4 aliphatic heterocycles. The maximum absolute atomic E-state index is 15.3. The molecule has 4 saturated heterocycles. The number of nitrogens with zero attached hydrogens (tertiary/aromatic N) is 7. The summed E-state index contributed by atoms with van der Waals surface area (Å²) in [6.07, 6.45) is 9.29. The Bertz CT molecular complexity index is 5090. The molecule has 23 nitrogen and oxygen atoms in total. The first-order chi connectivity index (χ1) is 56.5. The summed E-state index contributed by atoms with van der Waals surface area (Å²) in [5, 5.41) is 41.1. The number of fused-ring (bicyclic) bond motifs is 2. The van der Waals surface area contributed by atoms with Gasteiger partial charge in [0, 0.05) is 194 Å². The van der Waals surface area contributed by atoms with Crippen LogP contribution in [0.5, 0.6) is 0 Å². The van der Waals surface area contributed by atoms with Crippen LogP contribution in [0.15, 0.2) is 146 Å². The third-order valence-electron chi connectivity index (χ3n) is 23.5. The number of nitrogens with one attached hydrogen (secondary N) is 9. The quantitative estimate of drug-likeness (QED) is 0.0241. The van der Waals surface area contributed by atoms with Crippen molar-refractivity contribution in [2.45, 2.75) is 228 Å². The van der Waals surface area contributed by atoms with E-state index in [1.54, 1.807) is 97.1 Å². The average molecular weight is 1590 g/mol. The van der Waals surface area contributed by atoms with Crippen LogP contribution < -0.4 is 47.9 Å². The van der Waals surface area contributed by atoms with E-state index in [1.165, 1.54) is 12.1 Å². The molecule has 8 unspecified atom stereocenters. The molecule has 618 valence electrons. The molecule has 14 rings (SSSR count). The minimum Gasteiger partial charge on any atom is -0.381 e. The molecular formula is C92H114F2N16O7. The molecule has 4 aromatic heterocycles. The van der Waals surface area contributed by atoms with Gasteiger partial charge in [-0.15, -0.1) is 0 Å². The van der Waals surface area contributed by atoms with Gasteiger partial charge in [0.15, 0.2) is 11.3 Å². The van der Waals surface area contributed by atoms with E-state index in [0.717, 1.165) is 105 Å². The lowest BCUT2D eigenvalue weighted by Gasteiger charge is -2.47. The number of rotatable bonds is 25. The van der Waals surface area contributed by atoms with E-state index in [1.807, 2.05) is 54.7 Å². The minimum absolute atomic E-state index is 0.142. The number of aldehydes is 1. The number of halogens is 2. The van der Waals surface area contributed by atoms with Gasteiger partial charge in [0.1, 0.15) is 17.9 Å². The fraction of sp³-hybridized carbons (Fsp3) is 0.424. The Balaban J connectivity index is 0.000000194. The highest BCUT2D eigenvalue weighted by Gasteiger charge is 2.35. The van der Waals surface area contributed by atoms with E-state index in [-0.39, 0.29) is 67.7 Å². The Hall–Kier alpha value is -10.7. The SMILES string of the molecule is CC1NC(C)C(C)NC1C.CCc1nc2c(cnn2CC)c(NC2CCOCC2)c1CNC(=O)c1cccc(C(=O)NCc2ccc(F)c(-c3cccc(C=O)c3)c2)c1.CCc1nc2c(cnn2CC)c(NC2CCOCC2)c1CNC(=O)c1cccc(C(=O)NCc2ccc(F)c(-c3cccc(CN4C(C)C(C)NC(C)C4C)c3)c2)c1. The van der Waals surface area contributed by atoms with Crippen molar-refractivity contribution in [3.63, 3.8) is 0 Å². The summed E-state index contributed by atoms with van der Waals surface area (Å²) in [5.74, 6) is -2.07. The number of aromatic nitrogens is 6. The predicted octanol–water partition coefficient (Wildman–Crippen LogP) is 14.0. The summed E-state index contributed by atoms with van der Waals surface area (Å²) >= 11 is 0. The number of hydrogen-bond acceptors (Lipinski definition) is 17. The van der Waals surface area contributed by atoms with Gasteiger partial charge in [-0.2, -0.15) is 10.2 Å². The number of carbonyl (C=O) groups excluding carboxylic acids is 5. The molecule has 4 amide bonds. The Morgan fingerprint density at radius 2 is 0.846 bits per heavy atom. The minimum atomic E-state index is -0.430. The van der Waals surface area contributed by atoms with Crippen LogP contribution in [0, 0.1) is 11.6 Å². The number of ether oxygens (including phenoxy) is 2. The molecule has 0 bridgehead atoms. The molecule has 25 heteroatoms. The summed E-state index contributed by atoms with van der Waals surface area (Å²) in [7, 11) is 0. The van der Waals surface area contributed by atoms with Gasteiger partial charge in [-0.3, -0.25) is 28.9 Å². The first kappa shape index (κ1) is 85.7. The summed E-state index contributed by atoms with van der Waals surface area (Å²) in [4.78, 5) is 77.3. The van der Waals surface area contributed by atoms with Crippen LogP contribution in [-0.4, -0.2) is 151 Å². The maximum Gasteiger partial charge on any atom is 0.251 e. The molecule has 0 saturated carbocycles. The van der Waals surface area contributed by atoms with Crippen molar-refractivity contribution >= 4 is 63.4 Å². The van der Waals surface area contributed by atoms with Crippen LogP contribution in [0.3, 0.4) is 0 Å². The summed E-state index contributed by atoms with van der Waals surface area (Å²) < 4.78 is 44.9. The molecule has 117 heavy (non-hydrogen) atoms. The zero-order chi connectivity index (χ0) is 83.0. The van der Waals surface area contributed by atoms with Crippen LogP contribution in [0.4, 0.5) is 20.2 Å². The molecule has 10 aromatic rings. The highest BCUT2D eigenvalue weighted by atomic mass is 19.1. The second kappa shape index (κ2) is 40.0. The third-order valence-corrected chi connectivity index (χ3v) is 23.5. The Labute approximate surface area is 685 Å². The van der Waals surface area contributed by atoms with E-state index >= 15 is 4.39 Å². The molecule has 8 atom stereocenters. The van der Waals surface area contributed by atoms with Gasteiger partial charge in [0.25, 0.3) is 23.6 Å². The molecule has 0 radical (unpaired) electrons. The first-order valence-corrected chi connectivity index (χ1v) is 41.5. The van der Waals surface area contributed by atoms with Crippen LogP contribution in [0.1, 0.15) is 200 Å². The number of aryl methyl sites for hydroxylation is 4. The third kappa shape index (κ3) is 21.0. The second-order valence-electron chi connectivity index (χ2n) is 31.3. The fourth-order valence-electron chi connectivity index (χ4n) is 15.9. The molecule has 4 aliphatic rings. The number of amides is 4. The molecule has 9 N–H and O–H groups in total. The number of hydrogen-bond donors (Lipinski definition) is 9. The molecule has 0 spiro atoms. The summed E-state index contributed by atoms with van der Waals surface area (Å²) in [5.41, 5.74) is 13.7. The predicted molar refractivity (Wildman–Crippen MR) is 457 cm³/mol. The van der Waals surface area contributed by atoms with Crippen LogP contribution >= 0.6 is 0 Å². The number of anilines is 2. The van der Waals surface area contributed by atoms with Crippen LogP contribution in [0.25, 0.3) is 44.3 Å². The first-order valence-electron chi connectivity index (χ1n) is 41.5. The zero-order valence-electron chi connectivity index (χ0n) is 69.5. The lowest BCUT2D eigenvalue weighted by molar-refractivity contribution is 0.0515. The largest absolute Gasteiger partial charge is 0.381 e. The summed E-state index contributed by atoms with van der Waals surface area (Å²) in [6.45, 7) is 31.8. The topological polar surface area (TPSA) is 277 Å². The summed E-state index contributed by atoms with van der Waals surface area (Å²) in [6, 6.07) is 41.8. The van der Waals surface area contributed by atoms with E-state index in [9.17, 15) is 28.4 Å². The molecule has 0 aliphatic carbocycles. The van der Waals surface area contributed by atoms with Gasteiger partial charge in [-0.25, -0.2) is 28.1 Å². The second-order valence-corrected chi connectivity index (χ2v) is 31.3. The number of pyridine rings is 2. The van der Waals surface area contributed by atoms with Crippen molar-refractivity contribution < 1.29 is 42.2 Å². The molecular weight excluding hydrogens is 1480 g/mol. The monoisotopic (exact) mass is 1590 g/mol. The van der Waals surface area contributed by atoms with E-state index < -0.39 is 5.82 Å². The fourth-order valence-corrected chi connectivity index (χ4v) is 15.9. The number of carbonyl (C=O) groups is 5. The van der Waals surface area contributed by atoms with Crippen molar-refractivity contribution in [3.8, 4) is 22.3 Å². The molecule has 4 fully saturated rings. The highest BCUT2D eigenvalue weighted by Crippen LogP contribution is 2.35. The van der Waals surface area contributed by atoms with Gasteiger partial charge in [-0.1, -0.05) is 74.5 Å². The van der Waals surface area contributed by atoms with Gasteiger partial charge in [0.05, 0.1) is 34.5 Å². The normalized spacial score (nSPS) is 19.8. The van der Waals surface area contributed by atoms with Gasteiger partial charge in [0.2, 0.25) is 0 Å². The van der Waals surface area contributed by atoms with Gasteiger partial charge in [-0.05, 0) is 208 Å². The Morgan fingerprint density at radius 1 is 0.462 bits per heavy atom. The molecule has 6 aromatic carbocycles. The van der Waals surface area contributed by atoms with Crippen molar-refractivity contribution in [1.82, 2.24) is 71.6 Å². The van der Waals surface area contributed by atoms with Crippen LogP contribution in [-0.2, 0) is 68.1 Å². The Kier molecular flexibility index (Phi) is 29.3. The number of piperazine rings is 2. The van der Waals surface area contributed by atoms with Crippen LogP contribution in [0.2, 0.25) is 0 Å². The molecule has 8 heterocycles. The van der Waals surface area contributed by atoms with Crippen molar-refractivity contribution in [1.29, 1.82) is 0 Å². The standard InChI is InChI=1S/C46H57FN8O3.C38H39FN6O4.C8H18N2/c1-7-42-39(43(52-37-17-19-58-20-18-37)40-26-50-55(8-2)44(40)53-42)25-49-46(57)36-14-10-13-35(23-36)45(56)48-24-32-15-16-41(47)38(22-32)34-12-9-11-33(21-34)27-54-30(5)28(3)51-29(4)31(54)6;1-3-34-31(35(43-29-13-15-49-16-14-29)32-22-42-45(4-2)36(32)44-34)21-41-38(48)28-10-6-9-27(19-28)37(47)40-20-24-11-12-33(39)30(18-24)26-8-5-7-25(17-26)23-46;1-5-6(2)10-8(4)7(3)9-5/h9-16,21-23,26,28-31,37,51H,7-8,17-20,24-25,27H2,1-6H3,(H,48,56)(H,49,57)(H,52,53);5-12,17-19,22-23,29H,3-4,13-16,20-21H2,1-2H3,(H,40,47)(H,41,48)(H,43,44);5-10H,1-4H3. The smallest absolute Gasteiger partial charge is 0.251 e. The van der Waals surface area contributed by atoms with E-state index in [4.69, 9.17) is 19.4 Å². The lowest BCUT2D eigenvalue weighted by Crippen LogP contribution is -2.63. The highest BCUT2D eigenvalue weighted by molar-refractivity contribution is 6.01. The van der Waals surface area contributed by atoms with Gasteiger partial charge < -0.3 is 57.3 Å². The lowest BCUT2D eigenvalue weighted by atomic mass is 9.95. The van der Waals surface area contributed by atoms with Crippen molar-refractivity contribution in [2.75, 3.05) is 37.1 Å². The Morgan fingerprint density at radius 3 is 1.25 bits per heavy atom. The van der Waals surface area contributed by atoms with E-state index in [2.05, 4.69) is 137 Å². The average Bonchev–Trinajstić information content (AvgIpc) is 1.67. The van der Waals surface area contributed by atoms with Crippen molar-refractivity contribution in [3.05, 3.63) is 225 Å². The number of benzene rings is 6.